The van der Waals surface area contributed by atoms with E-state index in [-0.39, 0.29) is 37.8 Å². The standard InChI is InChI=1S/C20H24ClNO5/c1-12(2)9-15(13-3-5-14(21)6-4-13)16(23)22-10-19(17(24)25)7-8-20(19,11-22)18(26)27/h3-6,12,15H,7-11H2,1-2H3,(H,24,25)(H,26,27). The molecule has 0 aromatic heterocycles. The minimum atomic E-state index is -1.38. The summed E-state index contributed by atoms with van der Waals surface area (Å²) in [5.74, 6) is -2.66. The van der Waals surface area contributed by atoms with Crippen molar-refractivity contribution in [3.8, 4) is 0 Å². The molecule has 6 nitrogen and oxygen atoms in total. The highest BCUT2D eigenvalue weighted by molar-refractivity contribution is 6.30. The second-order valence-electron chi connectivity index (χ2n) is 8.20. The van der Waals surface area contributed by atoms with Crippen molar-refractivity contribution in [2.24, 2.45) is 16.7 Å². The highest BCUT2D eigenvalue weighted by Crippen LogP contribution is 2.62. The fourth-order valence-corrected chi connectivity index (χ4v) is 4.70. The van der Waals surface area contributed by atoms with Crippen LogP contribution in [0, 0.1) is 16.7 Å². The molecular weight excluding hydrogens is 370 g/mol. The largest absolute Gasteiger partial charge is 0.481 e. The molecule has 1 aliphatic carbocycles. The number of nitrogens with zero attached hydrogens (tertiary/aromatic N) is 1. The lowest BCUT2D eigenvalue weighted by Crippen LogP contribution is -2.59. The Balaban J connectivity index is 1.92. The van der Waals surface area contributed by atoms with E-state index in [4.69, 9.17) is 11.6 Å². The van der Waals surface area contributed by atoms with Gasteiger partial charge >= 0.3 is 11.9 Å². The molecule has 1 saturated carbocycles. The predicted molar refractivity (Wildman–Crippen MR) is 99.6 cm³/mol. The maximum Gasteiger partial charge on any atom is 0.312 e. The molecule has 0 radical (unpaired) electrons. The van der Waals surface area contributed by atoms with Gasteiger partial charge < -0.3 is 15.1 Å². The average Bonchev–Trinajstić information content (AvgIpc) is 2.82. The molecule has 1 aromatic carbocycles. The second kappa shape index (κ2) is 6.82. The fraction of sp³-hybridized carbons (Fsp3) is 0.550. The van der Waals surface area contributed by atoms with Gasteiger partial charge in [0, 0.05) is 18.1 Å². The van der Waals surface area contributed by atoms with Crippen molar-refractivity contribution in [2.45, 2.75) is 39.0 Å². The first-order valence-corrected chi connectivity index (χ1v) is 9.52. The van der Waals surface area contributed by atoms with Crippen molar-refractivity contribution in [3.63, 3.8) is 0 Å². The molecule has 1 amide bonds. The van der Waals surface area contributed by atoms with Crippen molar-refractivity contribution >= 4 is 29.4 Å². The van der Waals surface area contributed by atoms with Gasteiger partial charge in [-0.3, -0.25) is 14.4 Å². The van der Waals surface area contributed by atoms with E-state index in [1.807, 2.05) is 13.8 Å². The molecule has 0 bridgehead atoms. The lowest BCUT2D eigenvalue weighted by atomic mass is 9.51. The summed E-state index contributed by atoms with van der Waals surface area (Å²) < 4.78 is 0. The van der Waals surface area contributed by atoms with Crippen LogP contribution < -0.4 is 0 Å². The molecule has 1 saturated heterocycles. The quantitative estimate of drug-likeness (QED) is 0.773. The molecule has 27 heavy (non-hydrogen) atoms. The minimum absolute atomic E-state index is 0.0460. The van der Waals surface area contributed by atoms with Crippen LogP contribution in [0.25, 0.3) is 0 Å². The summed E-state index contributed by atoms with van der Waals surface area (Å²) in [4.78, 5) is 38.6. The van der Waals surface area contributed by atoms with Crippen LogP contribution in [0.15, 0.2) is 24.3 Å². The predicted octanol–water partition coefficient (Wildman–Crippen LogP) is 3.25. The van der Waals surface area contributed by atoms with E-state index >= 15 is 0 Å². The van der Waals surface area contributed by atoms with Crippen molar-refractivity contribution in [2.75, 3.05) is 13.1 Å². The van der Waals surface area contributed by atoms with Gasteiger partial charge in [-0.1, -0.05) is 37.6 Å². The SMILES string of the molecule is CC(C)CC(C(=O)N1CC2(C(=O)O)CCC2(C(=O)O)C1)c1ccc(Cl)cc1. The number of amides is 1. The molecule has 3 atom stereocenters. The topological polar surface area (TPSA) is 94.9 Å². The van der Waals surface area contributed by atoms with Crippen LogP contribution in [0.3, 0.4) is 0 Å². The van der Waals surface area contributed by atoms with Gasteiger partial charge in [0.25, 0.3) is 0 Å². The van der Waals surface area contributed by atoms with Crippen molar-refractivity contribution in [3.05, 3.63) is 34.9 Å². The molecule has 2 N–H and O–H groups in total. The number of hydrogen-bond donors (Lipinski definition) is 2. The van der Waals surface area contributed by atoms with E-state index in [9.17, 15) is 24.6 Å². The van der Waals surface area contributed by atoms with E-state index in [0.29, 0.717) is 11.4 Å². The molecule has 2 aliphatic rings. The normalized spacial score (nSPS) is 27.8. The number of benzene rings is 1. The average molecular weight is 394 g/mol. The lowest BCUT2D eigenvalue weighted by Gasteiger charge is -2.47. The van der Waals surface area contributed by atoms with Gasteiger partial charge in [-0.05, 0) is 42.9 Å². The Morgan fingerprint density at radius 3 is 1.89 bits per heavy atom. The van der Waals surface area contributed by atoms with Crippen molar-refractivity contribution in [1.82, 2.24) is 4.90 Å². The summed E-state index contributed by atoms with van der Waals surface area (Å²) >= 11 is 5.96. The van der Waals surface area contributed by atoms with Crippen molar-refractivity contribution in [1.29, 1.82) is 0 Å². The van der Waals surface area contributed by atoms with Crippen LogP contribution in [0.2, 0.25) is 5.02 Å². The van der Waals surface area contributed by atoms with Crippen LogP contribution in [-0.4, -0.2) is 46.0 Å². The highest BCUT2D eigenvalue weighted by atomic mass is 35.5. The number of carbonyl (C=O) groups excluding carboxylic acids is 1. The van der Waals surface area contributed by atoms with Crippen molar-refractivity contribution < 1.29 is 24.6 Å². The number of likely N-dealkylation sites (tertiary alicyclic amines) is 1. The summed E-state index contributed by atoms with van der Waals surface area (Å²) in [6.07, 6.45) is 1.17. The molecule has 3 rings (SSSR count). The first kappa shape index (κ1) is 19.7. The maximum atomic E-state index is 13.3. The molecule has 0 spiro atoms. The first-order chi connectivity index (χ1) is 12.6. The Morgan fingerprint density at radius 1 is 1.04 bits per heavy atom. The first-order valence-electron chi connectivity index (χ1n) is 9.14. The molecule has 1 aliphatic heterocycles. The van der Waals surface area contributed by atoms with Crippen LogP contribution in [-0.2, 0) is 14.4 Å². The maximum absolute atomic E-state index is 13.3. The molecular formula is C20H24ClNO5. The van der Waals surface area contributed by atoms with Gasteiger partial charge in [-0.25, -0.2) is 0 Å². The summed E-state index contributed by atoms with van der Waals surface area (Å²) in [7, 11) is 0. The number of carbonyl (C=O) groups is 3. The zero-order chi connectivity index (χ0) is 20.0. The Labute approximate surface area is 163 Å². The van der Waals surface area contributed by atoms with Gasteiger partial charge in [0.05, 0.1) is 5.92 Å². The zero-order valence-corrected chi connectivity index (χ0v) is 16.2. The molecule has 1 heterocycles. The molecule has 146 valence electrons. The Kier molecular flexibility index (Phi) is 4.97. The minimum Gasteiger partial charge on any atom is -0.481 e. The van der Waals surface area contributed by atoms with Crippen LogP contribution >= 0.6 is 11.6 Å². The van der Waals surface area contributed by atoms with Crippen LogP contribution in [0.1, 0.15) is 44.6 Å². The zero-order valence-electron chi connectivity index (χ0n) is 15.4. The van der Waals surface area contributed by atoms with Gasteiger partial charge in [-0.2, -0.15) is 0 Å². The number of aliphatic carboxylic acids is 2. The van der Waals surface area contributed by atoms with Gasteiger partial charge in [0.15, 0.2) is 0 Å². The Hall–Kier alpha value is -2.08. The molecule has 1 aromatic rings. The fourth-order valence-electron chi connectivity index (χ4n) is 4.58. The number of carboxylic acids is 2. The third-order valence-electron chi connectivity index (χ3n) is 6.22. The molecule has 7 heteroatoms. The highest BCUT2D eigenvalue weighted by Gasteiger charge is 2.73. The third kappa shape index (κ3) is 3.00. The summed E-state index contributed by atoms with van der Waals surface area (Å²) in [5.41, 5.74) is -1.95. The number of halogens is 1. The molecule has 2 fully saturated rings. The Morgan fingerprint density at radius 2 is 1.52 bits per heavy atom. The van der Waals surface area contributed by atoms with Gasteiger partial charge in [-0.15, -0.1) is 0 Å². The third-order valence-corrected chi connectivity index (χ3v) is 6.48. The van der Waals surface area contributed by atoms with E-state index in [0.717, 1.165) is 5.56 Å². The second-order valence-corrected chi connectivity index (χ2v) is 8.64. The van der Waals surface area contributed by atoms with Crippen LogP contribution in [0.5, 0.6) is 0 Å². The number of fused-ring (bicyclic) bond motifs is 1. The monoisotopic (exact) mass is 393 g/mol. The lowest BCUT2D eigenvalue weighted by molar-refractivity contribution is -0.183. The van der Waals surface area contributed by atoms with E-state index < -0.39 is 28.7 Å². The smallest absolute Gasteiger partial charge is 0.312 e. The summed E-state index contributed by atoms with van der Waals surface area (Å²) in [6.45, 7) is 3.94. The summed E-state index contributed by atoms with van der Waals surface area (Å²) in [5, 5.41) is 20.0. The van der Waals surface area contributed by atoms with E-state index in [2.05, 4.69) is 0 Å². The number of carboxylic acid groups (broad SMARTS) is 2. The molecule has 3 unspecified atom stereocenters. The number of hydrogen-bond acceptors (Lipinski definition) is 3. The Bertz CT molecular complexity index is 747. The van der Waals surface area contributed by atoms with Crippen LogP contribution in [0.4, 0.5) is 0 Å². The summed E-state index contributed by atoms with van der Waals surface area (Å²) in [6, 6.07) is 7.06. The number of rotatable bonds is 6. The van der Waals surface area contributed by atoms with Gasteiger partial charge in [0.1, 0.15) is 10.8 Å². The van der Waals surface area contributed by atoms with E-state index in [1.165, 1.54) is 4.90 Å². The van der Waals surface area contributed by atoms with E-state index in [1.54, 1.807) is 24.3 Å². The van der Waals surface area contributed by atoms with Gasteiger partial charge in [0.2, 0.25) is 5.91 Å².